The van der Waals surface area contributed by atoms with E-state index in [4.69, 9.17) is 5.73 Å². The number of nitrogens with one attached hydrogen (secondary N) is 2. The molecule has 0 fully saturated rings. The molecule has 79 valence electrons. The quantitative estimate of drug-likeness (QED) is 0.622. The number of imidazole rings is 1. The Morgan fingerprint density at radius 3 is 2.60 bits per heavy atom. The first-order valence-corrected chi connectivity index (χ1v) is 3.62. The van der Waals surface area contributed by atoms with Crippen molar-refractivity contribution < 1.29 is 18.6 Å². The van der Waals surface area contributed by atoms with Crippen LogP contribution in [0.25, 0.3) is 11.5 Å². The zero-order valence-corrected chi connectivity index (χ0v) is 9.46. The Labute approximate surface area is 98.2 Å². The summed E-state index contributed by atoms with van der Waals surface area (Å²) in [7, 11) is 0. The third-order valence-corrected chi connectivity index (χ3v) is 1.58. The van der Waals surface area contributed by atoms with E-state index < -0.39 is 0 Å². The summed E-state index contributed by atoms with van der Waals surface area (Å²) in [5.41, 5.74) is 5.82. The molecule has 0 amide bonds. The van der Waals surface area contributed by atoms with E-state index in [2.05, 4.69) is 19.9 Å². The van der Waals surface area contributed by atoms with Gasteiger partial charge in [-0.05, 0) is 0 Å². The minimum atomic E-state index is -0.223. The molecule has 0 saturated heterocycles. The van der Waals surface area contributed by atoms with E-state index >= 15 is 0 Å². The Bertz CT molecular complexity index is 478. The molecule has 15 heavy (non-hydrogen) atoms. The van der Waals surface area contributed by atoms with E-state index in [9.17, 15) is 4.79 Å². The maximum absolute atomic E-state index is 10.9. The number of H-pyrrole nitrogens is 2. The van der Waals surface area contributed by atoms with E-state index in [1.807, 2.05) is 0 Å². The van der Waals surface area contributed by atoms with Crippen molar-refractivity contribution in [3.8, 4) is 11.5 Å². The summed E-state index contributed by atoms with van der Waals surface area (Å²) in [6.45, 7) is 0. The number of aromatic amines is 2. The van der Waals surface area contributed by atoms with Crippen molar-refractivity contribution in [1.82, 2.24) is 19.9 Å². The van der Waals surface area contributed by atoms with Gasteiger partial charge in [-0.15, -0.1) is 0 Å². The molecule has 2 heterocycles. The van der Waals surface area contributed by atoms with Crippen LogP contribution in [-0.4, -0.2) is 19.9 Å². The standard InChI is InChI=1S/C7H7N5O.CH3.V/c8-6-5(10-3-11-6)7-9-2-1-4(13)12-7;;/h1-3H,8H2,(H,10,11)(H,9,12,13);1H3;/q;-1;. The third-order valence-electron chi connectivity index (χ3n) is 1.58. The molecule has 0 spiro atoms. The van der Waals surface area contributed by atoms with Crippen molar-refractivity contribution in [2.24, 2.45) is 0 Å². The number of aromatic nitrogens is 4. The van der Waals surface area contributed by atoms with Crippen molar-refractivity contribution >= 4 is 5.82 Å². The zero-order chi connectivity index (χ0) is 9.26. The molecule has 1 radical (unpaired) electrons. The molecule has 4 N–H and O–H groups in total. The zero-order valence-electron chi connectivity index (χ0n) is 8.06. The monoisotopic (exact) mass is 243 g/mol. The van der Waals surface area contributed by atoms with Crippen LogP contribution in [0, 0.1) is 7.43 Å². The van der Waals surface area contributed by atoms with Crippen molar-refractivity contribution in [3.63, 3.8) is 0 Å². The average Bonchev–Trinajstić information content (AvgIpc) is 2.51. The van der Waals surface area contributed by atoms with Gasteiger partial charge in [0.05, 0.1) is 6.33 Å². The maximum Gasteiger partial charge on any atom is 0.251 e. The molecule has 0 atom stereocenters. The second-order valence-corrected chi connectivity index (χ2v) is 2.45. The molecule has 7 heteroatoms. The van der Waals surface area contributed by atoms with Crippen LogP contribution >= 0.6 is 0 Å². The molecule has 0 saturated carbocycles. The van der Waals surface area contributed by atoms with Crippen LogP contribution in [0.3, 0.4) is 0 Å². The van der Waals surface area contributed by atoms with Crippen LogP contribution in [0.1, 0.15) is 0 Å². The first-order chi connectivity index (χ1) is 6.27. The molecule has 6 nitrogen and oxygen atoms in total. The van der Waals surface area contributed by atoms with Gasteiger partial charge in [-0.1, -0.05) is 0 Å². The molecule has 2 aromatic rings. The molecule has 0 aliphatic heterocycles. The van der Waals surface area contributed by atoms with Crippen LogP contribution in [0.2, 0.25) is 0 Å². The summed E-state index contributed by atoms with van der Waals surface area (Å²) in [6, 6.07) is 1.33. The summed E-state index contributed by atoms with van der Waals surface area (Å²) in [6.07, 6.45) is 2.85. The van der Waals surface area contributed by atoms with E-state index in [-0.39, 0.29) is 31.5 Å². The predicted molar refractivity (Wildman–Crippen MR) is 53.3 cm³/mol. The number of nitrogen functional groups attached to an aromatic ring is 1. The summed E-state index contributed by atoms with van der Waals surface area (Å²) in [5.74, 6) is 0.705. The fourth-order valence-corrected chi connectivity index (χ4v) is 0.992. The van der Waals surface area contributed by atoms with Crippen molar-refractivity contribution in [1.29, 1.82) is 0 Å². The second-order valence-electron chi connectivity index (χ2n) is 2.45. The van der Waals surface area contributed by atoms with Crippen molar-refractivity contribution in [2.45, 2.75) is 0 Å². The van der Waals surface area contributed by atoms with Gasteiger partial charge in [-0.3, -0.25) is 4.79 Å². The fourth-order valence-electron chi connectivity index (χ4n) is 0.992. The van der Waals surface area contributed by atoms with Crippen LogP contribution in [0.15, 0.2) is 23.4 Å². The number of hydrogen-bond acceptors (Lipinski definition) is 4. The molecule has 0 aromatic carbocycles. The van der Waals surface area contributed by atoms with Crippen LogP contribution < -0.4 is 11.3 Å². The predicted octanol–water partition coefficient (Wildman–Crippen LogP) is 0.190. The summed E-state index contributed by atoms with van der Waals surface area (Å²) >= 11 is 0. The fraction of sp³-hybridized carbons (Fsp3) is 0. The summed E-state index contributed by atoms with van der Waals surface area (Å²) in [4.78, 5) is 24.0. The topological polar surface area (TPSA) is 100 Å². The minimum Gasteiger partial charge on any atom is -0.382 e. The van der Waals surface area contributed by atoms with Gasteiger partial charge in [0, 0.05) is 30.8 Å². The van der Waals surface area contributed by atoms with Crippen molar-refractivity contribution in [3.05, 3.63) is 36.4 Å². The minimum absolute atomic E-state index is 0. The molecule has 0 aliphatic rings. The van der Waals surface area contributed by atoms with Crippen LogP contribution in [-0.2, 0) is 18.6 Å². The number of hydrogen-bond donors (Lipinski definition) is 3. The Morgan fingerprint density at radius 2 is 2.07 bits per heavy atom. The normalized spacial score (nSPS) is 8.80. The first kappa shape index (κ1) is 13.5. The van der Waals surface area contributed by atoms with Crippen molar-refractivity contribution in [2.75, 3.05) is 5.73 Å². The SMILES string of the molecule is Nc1nc[nH]c1-c1nccc(=O)[nH]1.[CH3-].[V]. The van der Waals surface area contributed by atoms with Crippen LogP contribution in [0.5, 0.6) is 0 Å². The maximum atomic E-state index is 10.9. The number of nitrogens with zero attached hydrogens (tertiary/aromatic N) is 2. The summed E-state index contributed by atoms with van der Waals surface area (Å²) < 4.78 is 0. The molecule has 2 aromatic heterocycles. The van der Waals surface area contributed by atoms with E-state index in [0.717, 1.165) is 0 Å². The Hall–Kier alpha value is -1.53. The van der Waals surface area contributed by atoms with E-state index in [1.165, 1.54) is 18.6 Å². The van der Waals surface area contributed by atoms with Gasteiger partial charge in [0.1, 0.15) is 5.69 Å². The van der Waals surface area contributed by atoms with E-state index in [1.54, 1.807) is 0 Å². The third kappa shape index (κ3) is 2.71. The van der Waals surface area contributed by atoms with Gasteiger partial charge in [0.25, 0.3) is 5.56 Å². The van der Waals surface area contributed by atoms with Gasteiger partial charge in [0.15, 0.2) is 11.6 Å². The summed E-state index contributed by atoms with van der Waals surface area (Å²) in [5, 5.41) is 0. The smallest absolute Gasteiger partial charge is 0.251 e. The molecular weight excluding hydrogens is 233 g/mol. The molecule has 0 aliphatic carbocycles. The number of anilines is 1. The van der Waals surface area contributed by atoms with Gasteiger partial charge >= 0.3 is 0 Å². The average molecular weight is 243 g/mol. The van der Waals surface area contributed by atoms with Gasteiger partial charge < -0.3 is 23.1 Å². The van der Waals surface area contributed by atoms with Gasteiger partial charge in [-0.25, -0.2) is 9.97 Å². The molecule has 0 unspecified atom stereocenters. The molecule has 2 rings (SSSR count). The van der Waals surface area contributed by atoms with Gasteiger partial charge in [-0.2, -0.15) is 0 Å². The first-order valence-electron chi connectivity index (χ1n) is 3.62. The van der Waals surface area contributed by atoms with Gasteiger partial charge in [0.2, 0.25) is 0 Å². The Morgan fingerprint density at radius 1 is 1.33 bits per heavy atom. The molecular formula is C8H10N5OV-. The Balaban J connectivity index is 0.000000980. The molecule has 0 bridgehead atoms. The Kier molecular flexibility index (Phi) is 4.83. The second kappa shape index (κ2) is 5.38. The van der Waals surface area contributed by atoms with Crippen LogP contribution in [0.4, 0.5) is 5.82 Å². The van der Waals surface area contributed by atoms with E-state index in [0.29, 0.717) is 17.3 Å². The number of rotatable bonds is 1. The largest absolute Gasteiger partial charge is 0.382 e. The number of nitrogens with two attached hydrogens (primary N) is 1.